The lowest BCUT2D eigenvalue weighted by molar-refractivity contribution is -0.142. The maximum absolute atomic E-state index is 14.8. The predicted molar refractivity (Wildman–Crippen MR) is 204 cm³/mol. The Hall–Kier alpha value is -3.93. The standard InChI is InChI=1S/C38H52ClN5O11S/c1-7-23-20-38(23,34(47)43-56(49,50)55-37(6)14-15-37)42-32(45)27-18-24(53-28-19-29(52-8-2)40-31-25(28)10-9-11-26(31)39)21-44(27)33(46)30(22-12-16-51-17-13-22)41-35(48)54-36(3,4)5/h9-11,19,22-24,27,30H,7-8,12-18,20-21H2,1-6H3,(H,41,48)(H,42,45)(H,43,47)/t23-,24-,27+,30+,38-/m1/s1. The van der Waals surface area contributed by atoms with Crippen molar-refractivity contribution in [2.45, 2.75) is 121 Å². The van der Waals surface area contributed by atoms with Crippen molar-refractivity contribution in [3.8, 4) is 11.6 Å². The number of rotatable bonds is 14. The number of hydrogen-bond donors (Lipinski definition) is 3. The summed E-state index contributed by atoms with van der Waals surface area (Å²) < 4.78 is 56.3. The molecule has 4 fully saturated rings. The van der Waals surface area contributed by atoms with Crippen LogP contribution in [0.15, 0.2) is 24.3 Å². The molecule has 4 aliphatic rings. The highest BCUT2D eigenvalue weighted by atomic mass is 35.5. The number of nitrogens with one attached hydrogen (secondary N) is 3. The van der Waals surface area contributed by atoms with Crippen LogP contribution < -0.4 is 24.8 Å². The normalized spacial score (nSPS) is 25.2. The minimum absolute atomic E-state index is 0.00683. The fraction of sp³-hybridized carbons (Fsp3) is 0.658. The minimum atomic E-state index is -4.47. The first-order valence-electron chi connectivity index (χ1n) is 19.2. The van der Waals surface area contributed by atoms with Crippen molar-refractivity contribution < 1.29 is 50.7 Å². The van der Waals surface area contributed by atoms with Crippen molar-refractivity contribution in [2.24, 2.45) is 11.8 Å². The van der Waals surface area contributed by atoms with Crippen LogP contribution in [0, 0.1) is 11.8 Å². The van der Waals surface area contributed by atoms with Gasteiger partial charge in [-0.1, -0.05) is 31.0 Å². The average molecular weight is 822 g/mol. The largest absolute Gasteiger partial charge is 0.488 e. The third-order valence-corrected chi connectivity index (χ3v) is 12.0. The van der Waals surface area contributed by atoms with E-state index in [1.807, 2.05) is 18.6 Å². The van der Waals surface area contributed by atoms with Gasteiger partial charge in [0.05, 0.1) is 29.3 Å². The first-order chi connectivity index (χ1) is 26.4. The number of amides is 4. The molecule has 308 valence electrons. The fourth-order valence-electron chi connectivity index (χ4n) is 7.44. The molecule has 2 aromatic rings. The van der Waals surface area contributed by atoms with Gasteiger partial charge in [-0.25, -0.2) is 18.7 Å². The van der Waals surface area contributed by atoms with E-state index in [1.165, 1.54) is 4.90 Å². The van der Waals surface area contributed by atoms with Gasteiger partial charge in [-0.05, 0) is 90.7 Å². The molecule has 18 heteroatoms. The Labute approximate surface area is 332 Å². The molecule has 1 aromatic heterocycles. The van der Waals surface area contributed by atoms with E-state index in [1.54, 1.807) is 52.0 Å². The SMILES string of the molecule is CCOc1cc(O[C@@H]2C[C@@H](C(=O)N[C@]3(C(=O)NS(=O)(=O)OC4(C)CC4)C[C@H]3CC)N(C(=O)[C@@H](NC(=O)OC(C)(C)C)C3CCOCC3)C2)c2cccc(Cl)c2n1. The Morgan fingerprint density at radius 3 is 2.46 bits per heavy atom. The van der Waals surface area contributed by atoms with Crippen molar-refractivity contribution >= 4 is 56.6 Å². The first-order valence-corrected chi connectivity index (χ1v) is 21.0. The number of carbonyl (C=O) groups is 4. The number of pyridine rings is 1. The van der Waals surface area contributed by atoms with Gasteiger partial charge in [-0.15, -0.1) is 0 Å². The molecule has 0 radical (unpaired) electrons. The zero-order valence-corrected chi connectivity index (χ0v) is 34.2. The monoisotopic (exact) mass is 821 g/mol. The number of hydrogen-bond acceptors (Lipinski definition) is 12. The highest BCUT2D eigenvalue weighted by molar-refractivity contribution is 7.85. The van der Waals surface area contributed by atoms with Crippen molar-refractivity contribution in [1.29, 1.82) is 0 Å². The van der Waals surface area contributed by atoms with Gasteiger partial charge in [0.25, 0.3) is 5.91 Å². The van der Waals surface area contributed by atoms with Crippen LogP contribution in [0.5, 0.6) is 11.6 Å². The lowest BCUT2D eigenvalue weighted by Gasteiger charge is -2.35. The molecule has 0 bridgehead atoms. The molecular formula is C38H52ClN5O11S. The number of carbonyl (C=O) groups excluding carboxylic acids is 4. The highest BCUT2D eigenvalue weighted by Gasteiger charge is 2.62. The van der Waals surface area contributed by atoms with Gasteiger partial charge >= 0.3 is 16.4 Å². The molecule has 3 heterocycles. The molecule has 56 heavy (non-hydrogen) atoms. The Kier molecular flexibility index (Phi) is 12.0. The summed E-state index contributed by atoms with van der Waals surface area (Å²) in [4.78, 5) is 62.0. The van der Waals surface area contributed by atoms with Gasteiger partial charge in [-0.2, -0.15) is 8.42 Å². The molecule has 1 aromatic carbocycles. The van der Waals surface area contributed by atoms with Crippen LogP contribution in [-0.4, -0.2) is 103 Å². The summed E-state index contributed by atoms with van der Waals surface area (Å²) in [7, 11) is -4.47. The van der Waals surface area contributed by atoms with Crippen LogP contribution in [0.2, 0.25) is 5.02 Å². The molecule has 16 nitrogen and oxygen atoms in total. The Morgan fingerprint density at radius 1 is 1.12 bits per heavy atom. The number of likely N-dealkylation sites (tertiary alicyclic amines) is 1. The summed E-state index contributed by atoms with van der Waals surface area (Å²) in [5, 5.41) is 6.57. The molecule has 0 spiro atoms. The second-order valence-electron chi connectivity index (χ2n) is 16.3. The van der Waals surface area contributed by atoms with Crippen LogP contribution >= 0.6 is 11.6 Å². The average Bonchev–Trinajstić information content (AvgIpc) is 3.99. The number of ether oxygens (including phenoxy) is 4. The Balaban J connectivity index is 1.31. The summed E-state index contributed by atoms with van der Waals surface area (Å²) in [6, 6.07) is 4.59. The number of nitrogens with zero attached hydrogens (tertiary/aromatic N) is 2. The van der Waals surface area contributed by atoms with E-state index in [9.17, 15) is 27.6 Å². The summed E-state index contributed by atoms with van der Waals surface area (Å²) in [5.74, 6) is -2.20. The first kappa shape index (κ1) is 41.7. The number of aromatic nitrogens is 1. The van der Waals surface area contributed by atoms with Gasteiger partial charge in [0, 0.05) is 31.1 Å². The van der Waals surface area contributed by atoms with Crippen molar-refractivity contribution in [1.82, 2.24) is 25.2 Å². The highest BCUT2D eigenvalue weighted by Crippen LogP contribution is 2.47. The third kappa shape index (κ3) is 9.60. The second kappa shape index (κ2) is 16.1. The third-order valence-electron chi connectivity index (χ3n) is 10.7. The minimum Gasteiger partial charge on any atom is -0.488 e. The van der Waals surface area contributed by atoms with Crippen LogP contribution in [0.4, 0.5) is 4.79 Å². The van der Waals surface area contributed by atoms with Crippen molar-refractivity contribution in [2.75, 3.05) is 26.4 Å². The number of alkyl carbamates (subject to hydrolysis) is 1. The maximum atomic E-state index is 14.8. The van der Waals surface area contributed by atoms with Gasteiger partial charge in [0.15, 0.2) is 0 Å². The molecule has 2 aliphatic carbocycles. The molecular weight excluding hydrogens is 770 g/mol. The Bertz CT molecular complexity index is 1950. The number of fused-ring (bicyclic) bond motifs is 1. The van der Waals surface area contributed by atoms with E-state index in [4.69, 9.17) is 34.7 Å². The van der Waals surface area contributed by atoms with E-state index >= 15 is 0 Å². The quantitative estimate of drug-likeness (QED) is 0.246. The molecule has 3 N–H and O–H groups in total. The summed E-state index contributed by atoms with van der Waals surface area (Å²) in [6.07, 6.45) is 1.10. The van der Waals surface area contributed by atoms with E-state index in [-0.39, 0.29) is 37.1 Å². The maximum Gasteiger partial charge on any atom is 0.408 e. The predicted octanol–water partition coefficient (Wildman–Crippen LogP) is 4.17. The topological polar surface area (TPSA) is 201 Å². The lowest BCUT2D eigenvalue weighted by Crippen LogP contribution is -2.59. The van der Waals surface area contributed by atoms with Crippen LogP contribution in [0.3, 0.4) is 0 Å². The van der Waals surface area contributed by atoms with Crippen molar-refractivity contribution in [3.05, 3.63) is 29.3 Å². The molecule has 2 saturated heterocycles. The molecule has 0 unspecified atom stereocenters. The lowest BCUT2D eigenvalue weighted by atomic mass is 9.90. The molecule has 2 saturated carbocycles. The van der Waals surface area contributed by atoms with Gasteiger partial charge in [-0.3, -0.25) is 14.4 Å². The molecule has 6 rings (SSSR count). The van der Waals surface area contributed by atoms with E-state index in [2.05, 4.69) is 15.6 Å². The van der Waals surface area contributed by atoms with E-state index < -0.39 is 69.0 Å². The van der Waals surface area contributed by atoms with E-state index in [0.717, 1.165) is 0 Å². The van der Waals surface area contributed by atoms with Crippen molar-refractivity contribution in [3.63, 3.8) is 0 Å². The van der Waals surface area contributed by atoms with Crippen LogP contribution in [0.1, 0.15) is 86.5 Å². The van der Waals surface area contributed by atoms with Gasteiger partial charge in [0.1, 0.15) is 35.1 Å². The molecule has 2 aliphatic heterocycles. The van der Waals surface area contributed by atoms with Gasteiger partial charge < -0.3 is 34.5 Å². The molecule has 5 atom stereocenters. The summed E-state index contributed by atoms with van der Waals surface area (Å²) >= 11 is 6.52. The summed E-state index contributed by atoms with van der Waals surface area (Å²) in [6.45, 7) is 11.4. The van der Waals surface area contributed by atoms with Crippen LogP contribution in [0.25, 0.3) is 10.9 Å². The van der Waals surface area contributed by atoms with Crippen LogP contribution in [-0.2, 0) is 38.3 Å². The fourth-order valence-corrected chi connectivity index (χ4v) is 8.80. The number of halogens is 1. The smallest absolute Gasteiger partial charge is 0.408 e. The summed E-state index contributed by atoms with van der Waals surface area (Å²) in [5.41, 5.74) is -2.83. The zero-order chi connectivity index (χ0) is 40.6. The zero-order valence-electron chi connectivity index (χ0n) is 32.6. The van der Waals surface area contributed by atoms with E-state index in [0.29, 0.717) is 73.6 Å². The second-order valence-corrected chi connectivity index (χ2v) is 18.0. The number of benzene rings is 1. The van der Waals surface area contributed by atoms with Gasteiger partial charge in [0.2, 0.25) is 17.7 Å². The Morgan fingerprint density at radius 2 is 1.84 bits per heavy atom. The number of para-hydroxylation sites is 1. The molecule has 4 amide bonds.